The predicted molar refractivity (Wildman–Crippen MR) is 68.6 cm³/mol. The van der Waals surface area contributed by atoms with Gasteiger partial charge in [-0.15, -0.1) is 0 Å². The second-order valence-electron chi connectivity index (χ2n) is 4.10. The molecular formula is C12H20BrNO2. The van der Waals surface area contributed by atoms with Crippen LogP contribution in [0.1, 0.15) is 32.1 Å². The molecule has 1 saturated carbocycles. The molecule has 3 nitrogen and oxygen atoms in total. The second kappa shape index (κ2) is 7.85. The number of aliphatic hydroxyl groups excluding tert-OH is 1. The van der Waals surface area contributed by atoms with Crippen LogP contribution in [0.25, 0.3) is 0 Å². The van der Waals surface area contributed by atoms with Gasteiger partial charge in [0.15, 0.2) is 0 Å². The van der Waals surface area contributed by atoms with Crippen LogP contribution in [0.5, 0.6) is 0 Å². The fourth-order valence-corrected chi connectivity index (χ4v) is 2.40. The molecule has 0 radical (unpaired) electrons. The first-order chi connectivity index (χ1) is 7.79. The van der Waals surface area contributed by atoms with Crippen LogP contribution >= 0.6 is 15.9 Å². The minimum atomic E-state index is 0.0281. The van der Waals surface area contributed by atoms with Crippen molar-refractivity contribution in [2.45, 2.75) is 38.1 Å². The summed E-state index contributed by atoms with van der Waals surface area (Å²) < 4.78 is 0. The number of carbonyl (C=O) groups excluding carboxylic acids is 1. The van der Waals surface area contributed by atoms with Gasteiger partial charge >= 0.3 is 0 Å². The van der Waals surface area contributed by atoms with Crippen molar-refractivity contribution in [3.8, 4) is 0 Å². The Bertz CT molecular complexity index is 237. The van der Waals surface area contributed by atoms with E-state index in [2.05, 4.69) is 15.9 Å². The maximum Gasteiger partial charge on any atom is 0.246 e. The Kier molecular flexibility index (Phi) is 6.73. The van der Waals surface area contributed by atoms with E-state index in [0.717, 1.165) is 12.8 Å². The van der Waals surface area contributed by atoms with E-state index in [1.165, 1.54) is 19.3 Å². The lowest BCUT2D eigenvalue weighted by Gasteiger charge is -2.33. The van der Waals surface area contributed by atoms with Gasteiger partial charge < -0.3 is 10.0 Å². The third kappa shape index (κ3) is 4.26. The van der Waals surface area contributed by atoms with Crippen molar-refractivity contribution in [3.63, 3.8) is 0 Å². The average Bonchev–Trinajstić information content (AvgIpc) is 2.34. The minimum absolute atomic E-state index is 0.0281. The summed E-state index contributed by atoms with van der Waals surface area (Å²) in [5.74, 6) is 0.0281. The number of halogens is 1. The van der Waals surface area contributed by atoms with Crippen LogP contribution in [-0.2, 0) is 4.79 Å². The lowest BCUT2D eigenvalue weighted by Crippen LogP contribution is -2.42. The number of amides is 1. The van der Waals surface area contributed by atoms with Crippen LogP contribution < -0.4 is 0 Å². The molecule has 0 atom stereocenters. The van der Waals surface area contributed by atoms with Crippen LogP contribution in [0.2, 0.25) is 0 Å². The lowest BCUT2D eigenvalue weighted by molar-refractivity contribution is -0.129. The van der Waals surface area contributed by atoms with Crippen LogP contribution in [0.15, 0.2) is 12.2 Å². The molecule has 4 heteroatoms. The number of carbonyl (C=O) groups is 1. The van der Waals surface area contributed by atoms with Gasteiger partial charge in [-0.3, -0.25) is 4.79 Å². The Balaban J connectivity index is 2.57. The minimum Gasteiger partial charge on any atom is -0.395 e. The van der Waals surface area contributed by atoms with Crippen molar-refractivity contribution >= 4 is 21.8 Å². The van der Waals surface area contributed by atoms with E-state index in [0.29, 0.717) is 17.9 Å². The predicted octanol–water partition coefficient (Wildman–Crippen LogP) is 2.09. The highest BCUT2D eigenvalue weighted by atomic mass is 79.9. The van der Waals surface area contributed by atoms with E-state index in [1.54, 1.807) is 12.2 Å². The lowest BCUT2D eigenvalue weighted by atomic mass is 9.94. The summed E-state index contributed by atoms with van der Waals surface area (Å²) >= 11 is 3.26. The topological polar surface area (TPSA) is 40.5 Å². The summed E-state index contributed by atoms with van der Waals surface area (Å²) in [6, 6.07) is 0.327. The Morgan fingerprint density at radius 3 is 2.62 bits per heavy atom. The zero-order valence-corrected chi connectivity index (χ0v) is 11.2. The molecule has 0 saturated heterocycles. The van der Waals surface area contributed by atoms with Crippen molar-refractivity contribution in [1.82, 2.24) is 4.90 Å². The zero-order valence-electron chi connectivity index (χ0n) is 9.57. The fraction of sp³-hybridized carbons (Fsp3) is 0.750. The number of hydrogen-bond donors (Lipinski definition) is 1. The molecule has 0 unspecified atom stereocenters. The van der Waals surface area contributed by atoms with Crippen LogP contribution in [0, 0.1) is 0 Å². The molecule has 1 N–H and O–H groups in total. The van der Waals surface area contributed by atoms with Gasteiger partial charge in [0, 0.05) is 17.9 Å². The SMILES string of the molecule is O=C(/C=C/CBr)N(CCO)C1CCCCC1. The number of allylic oxidation sites excluding steroid dienone is 1. The van der Waals surface area contributed by atoms with Gasteiger partial charge in [-0.05, 0) is 18.9 Å². The molecule has 0 aromatic rings. The van der Waals surface area contributed by atoms with Gasteiger partial charge in [-0.25, -0.2) is 0 Å². The normalized spacial score (nSPS) is 17.9. The first kappa shape index (κ1) is 13.7. The van der Waals surface area contributed by atoms with Gasteiger partial charge in [0.1, 0.15) is 0 Å². The zero-order chi connectivity index (χ0) is 11.8. The molecule has 1 rings (SSSR count). The molecule has 0 aliphatic heterocycles. The number of rotatable bonds is 5. The molecule has 16 heavy (non-hydrogen) atoms. The van der Waals surface area contributed by atoms with Crippen LogP contribution in [0.3, 0.4) is 0 Å². The van der Waals surface area contributed by atoms with E-state index in [-0.39, 0.29) is 12.5 Å². The van der Waals surface area contributed by atoms with Gasteiger partial charge in [-0.2, -0.15) is 0 Å². The van der Waals surface area contributed by atoms with Crippen molar-refractivity contribution in [3.05, 3.63) is 12.2 Å². The first-order valence-electron chi connectivity index (χ1n) is 5.93. The number of nitrogens with zero attached hydrogens (tertiary/aromatic N) is 1. The molecule has 0 aromatic carbocycles. The number of alkyl halides is 1. The number of hydrogen-bond acceptors (Lipinski definition) is 2. The van der Waals surface area contributed by atoms with E-state index in [9.17, 15) is 4.79 Å². The Morgan fingerprint density at radius 1 is 1.38 bits per heavy atom. The third-order valence-corrected chi connectivity index (χ3v) is 3.36. The maximum absolute atomic E-state index is 11.9. The van der Waals surface area contributed by atoms with Crippen molar-refractivity contribution in [2.24, 2.45) is 0 Å². The number of aliphatic hydroxyl groups is 1. The summed E-state index contributed by atoms with van der Waals surface area (Å²) in [5, 5.41) is 9.71. The quantitative estimate of drug-likeness (QED) is 0.622. The largest absolute Gasteiger partial charge is 0.395 e. The fourth-order valence-electron chi connectivity index (χ4n) is 2.21. The molecule has 0 aromatic heterocycles. The second-order valence-corrected chi connectivity index (χ2v) is 4.75. The summed E-state index contributed by atoms with van der Waals surface area (Å²) in [6.45, 7) is 0.501. The van der Waals surface area contributed by atoms with Crippen molar-refractivity contribution < 1.29 is 9.90 Å². The molecule has 1 amide bonds. The monoisotopic (exact) mass is 289 g/mol. The van der Waals surface area contributed by atoms with Crippen LogP contribution in [0.4, 0.5) is 0 Å². The molecule has 92 valence electrons. The average molecular weight is 290 g/mol. The van der Waals surface area contributed by atoms with Gasteiger partial charge in [0.05, 0.1) is 6.61 Å². The molecule has 1 fully saturated rings. The molecule has 1 aliphatic rings. The Labute approximate surface area is 106 Å². The smallest absolute Gasteiger partial charge is 0.246 e. The Morgan fingerprint density at radius 2 is 2.06 bits per heavy atom. The van der Waals surface area contributed by atoms with Crippen molar-refractivity contribution in [2.75, 3.05) is 18.5 Å². The first-order valence-corrected chi connectivity index (χ1v) is 7.05. The standard InChI is InChI=1S/C12H20BrNO2/c13-8-4-7-12(16)14(9-10-15)11-5-2-1-3-6-11/h4,7,11,15H,1-3,5-6,8-10H2/b7-4+. The summed E-state index contributed by atoms with van der Waals surface area (Å²) in [4.78, 5) is 13.7. The van der Waals surface area contributed by atoms with Crippen LogP contribution in [-0.4, -0.2) is 40.4 Å². The van der Waals surface area contributed by atoms with Crippen molar-refractivity contribution in [1.29, 1.82) is 0 Å². The van der Waals surface area contributed by atoms with E-state index < -0.39 is 0 Å². The molecule has 0 bridgehead atoms. The summed E-state index contributed by atoms with van der Waals surface area (Å²) in [6.07, 6.45) is 9.22. The highest BCUT2D eigenvalue weighted by Crippen LogP contribution is 2.22. The Hall–Kier alpha value is -0.350. The highest BCUT2D eigenvalue weighted by Gasteiger charge is 2.23. The summed E-state index contributed by atoms with van der Waals surface area (Å²) in [5.41, 5.74) is 0. The van der Waals surface area contributed by atoms with E-state index >= 15 is 0 Å². The maximum atomic E-state index is 11.9. The van der Waals surface area contributed by atoms with Gasteiger partial charge in [-0.1, -0.05) is 41.3 Å². The van der Waals surface area contributed by atoms with E-state index in [1.807, 2.05) is 4.90 Å². The third-order valence-electron chi connectivity index (χ3n) is 2.99. The van der Waals surface area contributed by atoms with E-state index in [4.69, 9.17) is 5.11 Å². The molecular weight excluding hydrogens is 270 g/mol. The molecule has 1 aliphatic carbocycles. The molecule has 0 spiro atoms. The van der Waals surface area contributed by atoms with Gasteiger partial charge in [0.25, 0.3) is 0 Å². The molecule has 0 heterocycles. The summed E-state index contributed by atoms with van der Waals surface area (Å²) in [7, 11) is 0. The van der Waals surface area contributed by atoms with Gasteiger partial charge in [0.2, 0.25) is 5.91 Å². The highest BCUT2D eigenvalue weighted by molar-refractivity contribution is 9.09.